The molecule has 0 saturated heterocycles. The number of H-pyrrole nitrogens is 1. The van der Waals surface area contributed by atoms with Gasteiger partial charge >= 0.3 is 5.76 Å². The lowest BCUT2D eigenvalue weighted by atomic mass is 9.98. The fourth-order valence-electron chi connectivity index (χ4n) is 4.25. The van der Waals surface area contributed by atoms with Crippen molar-refractivity contribution < 1.29 is 13.3 Å². The van der Waals surface area contributed by atoms with Gasteiger partial charge in [-0.1, -0.05) is 41.6 Å². The van der Waals surface area contributed by atoms with E-state index in [1.807, 2.05) is 56.3 Å². The molecule has 0 fully saturated rings. The van der Waals surface area contributed by atoms with Crippen LogP contribution in [0.1, 0.15) is 29.7 Å². The Morgan fingerprint density at radius 1 is 1.03 bits per heavy atom. The van der Waals surface area contributed by atoms with Gasteiger partial charge in [-0.3, -0.25) is 14.3 Å². The van der Waals surface area contributed by atoms with Crippen molar-refractivity contribution in [2.24, 2.45) is 0 Å². The molecule has 0 radical (unpaired) electrons. The van der Waals surface area contributed by atoms with Crippen molar-refractivity contribution in [3.63, 3.8) is 0 Å². The summed E-state index contributed by atoms with van der Waals surface area (Å²) in [4.78, 5) is 27.2. The Hall–Kier alpha value is -4.46. The zero-order chi connectivity index (χ0) is 24.7. The van der Waals surface area contributed by atoms with Crippen LogP contribution in [-0.2, 0) is 0 Å². The second-order valence-corrected chi connectivity index (χ2v) is 8.48. The van der Waals surface area contributed by atoms with Crippen molar-refractivity contribution in [3.8, 4) is 22.7 Å². The number of halogens is 1. The minimum Gasteiger partial charge on any atom is -0.455 e. The second-order valence-electron chi connectivity index (χ2n) is 8.48. The molecule has 3 aromatic carbocycles. The number of aromatic nitrogens is 2. The summed E-state index contributed by atoms with van der Waals surface area (Å²) in [7, 11) is 0. The molecule has 5 rings (SSSR count). The van der Waals surface area contributed by atoms with Crippen molar-refractivity contribution >= 4 is 16.7 Å². The van der Waals surface area contributed by atoms with Gasteiger partial charge in [-0.2, -0.15) is 0 Å². The topological polar surface area (TPSA) is 101 Å². The predicted octanol–water partition coefficient (Wildman–Crippen LogP) is 5.73. The van der Waals surface area contributed by atoms with E-state index in [1.165, 1.54) is 12.1 Å². The van der Waals surface area contributed by atoms with Crippen molar-refractivity contribution in [2.75, 3.05) is 5.32 Å². The van der Waals surface area contributed by atoms with E-state index in [9.17, 15) is 14.0 Å². The van der Waals surface area contributed by atoms with Crippen molar-refractivity contribution in [1.29, 1.82) is 0 Å². The lowest BCUT2D eigenvalue weighted by molar-refractivity contribution is 0.388. The van der Waals surface area contributed by atoms with Gasteiger partial charge in [-0.15, -0.1) is 0 Å². The first kappa shape index (κ1) is 22.3. The lowest BCUT2D eigenvalue weighted by Gasteiger charge is -2.20. The van der Waals surface area contributed by atoms with Crippen molar-refractivity contribution in [2.45, 2.75) is 26.8 Å². The molecule has 0 aliphatic heterocycles. The highest BCUT2D eigenvalue weighted by atomic mass is 19.1. The largest absolute Gasteiger partial charge is 0.455 e. The maximum Gasteiger partial charge on any atom is 0.439 e. The third-order valence-electron chi connectivity index (χ3n) is 5.94. The third kappa shape index (κ3) is 4.14. The second kappa shape index (κ2) is 8.72. The lowest BCUT2D eigenvalue weighted by Crippen LogP contribution is -2.13. The van der Waals surface area contributed by atoms with Crippen molar-refractivity contribution in [3.05, 3.63) is 104 Å². The molecule has 2 aromatic heterocycles. The van der Waals surface area contributed by atoms with Crippen LogP contribution in [0.3, 0.4) is 0 Å². The number of rotatable bonds is 5. The molecule has 2 heterocycles. The zero-order valence-corrected chi connectivity index (χ0v) is 19.3. The standard InChI is InChI=1S/C27H22FN3O4/c1-14-11-19(16(3)29-22-10-9-18(28)13-20(22)26-30-27(33)35-31-26)25-21(12-14)23(32)15(2)24(34-25)17-7-5-4-6-8-17/h4-13,16,29H,1-3H3,(H,30,31,33)/t16-/m1/s1. The summed E-state index contributed by atoms with van der Waals surface area (Å²) < 4.78 is 25.0. The summed E-state index contributed by atoms with van der Waals surface area (Å²) in [5.74, 6) is -0.606. The van der Waals surface area contributed by atoms with E-state index in [4.69, 9.17) is 4.42 Å². The van der Waals surface area contributed by atoms with Crippen LogP contribution in [0, 0.1) is 19.7 Å². The van der Waals surface area contributed by atoms with E-state index in [0.717, 1.165) is 16.7 Å². The molecule has 0 aliphatic carbocycles. The van der Waals surface area contributed by atoms with Gasteiger partial charge in [0.05, 0.1) is 11.4 Å². The first-order chi connectivity index (χ1) is 16.8. The van der Waals surface area contributed by atoms with Crippen LogP contribution in [0.5, 0.6) is 0 Å². The number of hydrogen-bond acceptors (Lipinski definition) is 6. The predicted molar refractivity (Wildman–Crippen MR) is 132 cm³/mol. The van der Waals surface area contributed by atoms with E-state index in [2.05, 4.69) is 20.0 Å². The van der Waals surface area contributed by atoms with Crippen LogP contribution in [0.25, 0.3) is 33.7 Å². The van der Waals surface area contributed by atoms with Gasteiger partial charge < -0.3 is 9.73 Å². The average molecular weight is 471 g/mol. The number of hydrogen-bond donors (Lipinski definition) is 2. The van der Waals surface area contributed by atoms with Gasteiger partial charge in [0.15, 0.2) is 11.3 Å². The maximum atomic E-state index is 14.0. The van der Waals surface area contributed by atoms with E-state index >= 15 is 0 Å². The summed E-state index contributed by atoms with van der Waals surface area (Å²) in [6, 6.07) is 17.0. The summed E-state index contributed by atoms with van der Waals surface area (Å²) in [6.07, 6.45) is 0. The molecular formula is C27H22FN3O4. The summed E-state index contributed by atoms with van der Waals surface area (Å²) in [6.45, 7) is 5.59. The molecule has 0 aliphatic rings. The van der Waals surface area contributed by atoms with Crippen LogP contribution >= 0.6 is 0 Å². The van der Waals surface area contributed by atoms with Crippen LogP contribution in [0.4, 0.5) is 10.1 Å². The number of anilines is 1. The quantitative estimate of drug-likeness (QED) is 0.339. The van der Waals surface area contributed by atoms with Gasteiger partial charge in [0, 0.05) is 27.9 Å². The molecule has 8 heteroatoms. The van der Waals surface area contributed by atoms with E-state index < -0.39 is 11.6 Å². The SMILES string of the molecule is Cc1cc([C@@H](C)Nc2ccc(F)cc2-c2noc(=O)[nH]2)c2oc(-c3ccccc3)c(C)c(=O)c2c1. The molecule has 2 N–H and O–H groups in total. The molecule has 0 amide bonds. The first-order valence-corrected chi connectivity index (χ1v) is 11.1. The molecule has 35 heavy (non-hydrogen) atoms. The maximum absolute atomic E-state index is 14.0. The summed E-state index contributed by atoms with van der Waals surface area (Å²) in [5.41, 5.74) is 4.26. The van der Waals surface area contributed by atoms with E-state index in [0.29, 0.717) is 33.5 Å². The van der Waals surface area contributed by atoms with E-state index in [-0.39, 0.29) is 17.3 Å². The smallest absolute Gasteiger partial charge is 0.439 e. The normalized spacial score (nSPS) is 12.1. The highest BCUT2D eigenvalue weighted by Gasteiger charge is 2.20. The molecule has 0 bridgehead atoms. The Morgan fingerprint density at radius 2 is 1.80 bits per heavy atom. The van der Waals surface area contributed by atoms with Gasteiger partial charge in [0.2, 0.25) is 0 Å². The Balaban J connectivity index is 1.65. The van der Waals surface area contributed by atoms with Crippen LogP contribution in [0.2, 0.25) is 0 Å². The number of fused-ring (bicyclic) bond motifs is 1. The molecule has 0 saturated carbocycles. The molecule has 0 spiro atoms. The van der Waals surface area contributed by atoms with Gasteiger partial charge in [-0.25, -0.2) is 9.18 Å². The molecule has 5 aromatic rings. The fraction of sp³-hybridized carbons (Fsp3) is 0.148. The minimum absolute atomic E-state index is 0.0927. The average Bonchev–Trinajstić information content (AvgIpc) is 3.29. The fourth-order valence-corrected chi connectivity index (χ4v) is 4.25. The number of nitrogens with zero attached hydrogens (tertiary/aromatic N) is 1. The monoisotopic (exact) mass is 471 g/mol. The van der Waals surface area contributed by atoms with Gasteiger partial charge in [0.1, 0.15) is 17.2 Å². The number of aromatic amines is 1. The Morgan fingerprint density at radius 3 is 2.51 bits per heavy atom. The molecular weight excluding hydrogens is 449 g/mol. The van der Waals surface area contributed by atoms with Crippen LogP contribution in [0.15, 0.2) is 79.2 Å². The summed E-state index contributed by atoms with van der Waals surface area (Å²) in [5, 5.41) is 7.52. The van der Waals surface area contributed by atoms with Crippen molar-refractivity contribution in [1.82, 2.24) is 10.1 Å². The molecule has 0 unspecified atom stereocenters. The number of benzene rings is 3. The Kier molecular flexibility index (Phi) is 5.56. The zero-order valence-electron chi connectivity index (χ0n) is 19.3. The first-order valence-electron chi connectivity index (χ1n) is 11.1. The number of nitrogens with one attached hydrogen (secondary N) is 2. The van der Waals surface area contributed by atoms with Crippen LogP contribution in [-0.4, -0.2) is 10.1 Å². The Labute approximate surface area is 199 Å². The summed E-state index contributed by atoms with van der Waals surface area (Å²) >= 11 is 0. The molecule has 1 atom stereocenters. The Bertz CT molecular complexity index is 1670. The van der Waals surface area contributed by atoms with E-state index in [1.54, 1.807) is 13.0 Å². The molecule has 176 valence electrons. The number of aryl methyl sites for hydroxylation is 1. The molecule has 7 nitrogen and oxygen atoms in total. The highest BCUT2D eigenvalue weighted by molar-refractivity contribution is 5.85. The highest BCUT2D eigenvalue weighted by Crippen LogP contribution is 2.34. The van der Waals surface area contributed by atoms with Gasteiger partial charge in [-0.05, 0) is 50.6 Å². The minimum atomic E-state index is -0.737. The third-order valence-corrected chi connectivity index (χ3v) is 5.94. The van der Waals surface area contributed by atoms with Gasteiger partial charge in [0.25, 0.3) is 0 Å². The van der Waals surface area contributed by atoms with Crippen LogP contribution < -0.4 is 16.5 Å².